The number of benzene rings is 2. The van der Waals surface area contributed by atoms with E-state index in [0.717, 1.165) is 74.8 Å². The molecule has 8 nitrogen and oxygen atoms in total. The minimum absolute atomic E-state index is 0.148. The van der Waals surface area contributed by atoms with E-state index in [0.29, 0.717) is 17.7 Å². The van der Waals surface area contributed by atoms with Gasteiger partial charge in [0.05, 0.1) is 30.8 Å². The Labute approximate surface area is 186 Å². The Hall–Kier alpha value is -3.23. The van der Waals surface area contributed by atoms with E-state index in [1.54, 1.807) is 17.0 Å². The number of imidazole rings is 1. The predicted molar refractivity (Wildman–Crippen MR) is 123 cm³/mol. The summed E-state index contributed by atoms with van der Waals surface area (Å²) in [5.41, 5.74) is 3.88. The quantitative estimate of drug-likeness (QED) is 0.645. The molecule has 166 valence electrons. The number of carbonyl (C=O) groups is 2. The van der Waals surface area contributed by atoms with Crippen LogP contribution in [0.2, 0.25) is 0 Å². The van der Waals surface area contributed by atoms with Gasteiger partial charge in [-0.25, -0.2) is 4.98 Å². The first-order valence-electron chi connectivity index (χ1n) is 11.2. The number of carbonyl (C=O) groups excluding carboxylic acids is 2. The lowest BCUT2D eigenvalue weighted by molar-refractivity contribution is -0.119. The predicted octanol–water partition coefficient (Wildman–Crippen LogP) is 3.16. The zero-order valence-corrected chi connectivity index (χ0v) is 18.0. The molecule has 3 aromatic rings. The number of nitrogens with one attached hydrogen (secondary N) is 2. The van der Waals surface area contributed by atoms with Gasteiger partial charge in [-0.1, -0.05) is 0 Å². The van der Waals surface area contributed by atoms with Crippen molar-refractivity contribution in [3.8, 4) is 0 Å². The normalized spacial score (nSPS) is 17.6. The van der Waals surface area contributed by atoms with Gasteiger partial charge in [-0.2, -0.15) is 0 Å². The molecule has 0 aliphatic carbocycles. The molecule has 2 aliphatic heterocycles. The highest BCUT2D eigenvalue weighted by Gasteiger charge is 2.20. The van der Waals surface area contributed by atoms with Gasteiger partial charge in [-0.15, -0.1) is 0 Å². The summed E-state index contributed by atoms with van der Waals surface area (Å²) in [5.74, 6) is 0.872. The van der Waals surface area contributed by atoms with Crippen LogP contribution in [0.4, 0.5) is 11.4 Å². The number of hydrogen-bond acceptors (Lipinski definition) is 5. The number of aromatic nitrogens is 2. The summed E-state index contributed by atoms with van der Waals surface area (Å²) in [5, 5.41) is 2.95. The molecule has 8 heteroatoms. The Bertz CT molecular complexity index is 1120. The average Bonchev–Trinajstić information content (AvgIpc) is 3.21. The van der Waals surface area contributed by atoms with Crippen molar-refractivity contribution >= 4 is 34.2 Å². The molecule has 32 heavy (non-hydrogen) atoms. The monoisotopic (exact) mass is 433 g/mol. The number of aromatic amines is 1. The molecule has 0 atom stereocenters. The second-order valence-electron chi connectivity index (χ2n) is 8.31. The third-order valence-electron chi connectivity index (χ3n) is 6.03. The fourth-order valence-electron chi connectivity index (χ4n) is 4.26. The summed E-state index contributed by atoms with van der Waals surface area (Å²) in [4.78, 5) is 37.0. The second-order valence-corrected chi connectivity index (χ2v) is 8.31. The van der Waals surface area contributed by atoms with Crippen LogP contribution in [-0.4, -0.2) is 59.5 Å². The van der Waals surface area contributed by atoms with Crippen LogP contribution in [-0.2, 0) is 16.1 Å². The fourth-order valence-corrected chi connectivity index (χ4v) is 4.26. The molecule has 0 unspecified atom stereocenters. The number of H-pyrrole nitrogens is 1. The molecule has 0 radical (unpaired) electrons. The van der Waals surface area contributed by atoms with E-state index in [9.17, 15) is 9.59 Å². The molecule has 2 N–H and O–H groups in total. The van der Waals surface area contributed by atoms with E-state index in [4.69, 9.17) is 4.74 Å². The van der Waals surface area contributed by atoms with Gasteiger partial charge < -0.3 is 19.9 Å². The third-order valence-corrected chi connectivity index (χ3v) is 6.03. The lowest BCUT2D eigenvalue weighted by Crippen LogP contribution is -2.35. The number of morpholine rings is 1. The van der Waals surface area contributed by atoms with Crippen LogP contribution in [0, 0.1) is 0 Å². The molecule has 2 amide bonds. The molecular weight excluding hydrogens is 406 g/mol. The van der Waals surface area contributed by atoms with Crippen LogP contribution in [0.25, 0.3) is 11.0 Å². The van der Waals surface area contributed by atoms with Crippen molar-refractivity contribution in [1.82, 2.24) is 14.9 Å². The summed E-state index contributed by atoms with van der Waals surface area (Å²) in [7, 11) is 0. The van der Waals surface area contributed by atoms with Gasteiger partial charge in [-0.05, 0) is 55.3 Å². The van der Waals surface area contributed by atoms with Crippen LogP contribution in [0.5, 0.6) is 0 Å². The summed E-state index contributed by atoms with van der Waals surface area (Å²) >= 11 is 0. The maximum atomic E-state index is 12.7. The molecule has 5 rings (SSSR count). The SMILES string of the molecule is O=C(Nc1ccc2nc(CN3CCOCC3)[nH]c2c1)c1ccc(N2CCCCC2=O)cc1. The second kappa shape index (κ2) is 9.10. The minimum Gasteiger partial charge on any atom is -0.379 e. The van der Waals surface area contributed by atoms with Crippen molar-refractivity contribution in [2.24, 2.45) is 0 Å². The zero-order chi connectivity index (χ0) is 21.9. The molecule has 2 saturated heterocycles. The van der Waals surface area contributed by atoms with Gasteiger partial charge in [0.25, 0.3) is 5.91 Å². The Kier molecular flexibility index (Phi) is 5.87. The Morgan fingerprint density at radius 1 is 1.06 bits per heavy atom. The Morgan fingerprint density at radius 2 is 1.88 bits per heavy atom. The number of fused-ring (bicyclic) bond motifs is 1. The summed E-state index contributed by atoms with van der Waals surface area (Å²) in [6.45, 7) is 4.82. The number of amides is 2. The minimum atomic E-state index is -0.186. The van der Waals surface area contributed by atoms with Crippen molar-refractivity contribution in [2.75, 3.05) is 43.1 Å². The lowest BCUT2D eigenvalue weighted by atomic mass is 10.1. The van der Waals surface area contributed by atoms with E-state index < -0.39 is 0 Å². The molecule has 2 aliphatic rings. The summed E-state index contributed by atoms with van der Waals surface area (Å²) in [6, 6.07) is 12.9. The highest BCUT2D eigenvalue weighted by Crippen LogP contribution is 2.23. The highest BCUT2D eigenvalue weighted by atomic mass is 16.5. The van der Waals surface area contributed by atoms with Gasteiger partial charge in [-0.3, -0.25) is 14.5 Å². The molecule has 2 fully saturated rings. The van der Waals surface area contributed by atoms with Crippen molar-refractivity contribution in [3.05, 3.63) is 53.9 Å². The molecule has 2 aromatic carbocycles. The van der Waals surface area contributed by atoms with E-state index in [1.807, 2.05) is 30.3 Å². The number of nitrogens with zero attached hydrogens (tertiary/aromatic N) is 3. The fraction of sp³-hybridized carbons (Fsp3) is 0.375. The van der Waals surface area contributed by atoms with Gasteiger partial charge in [0.15, 0.2) is 0 Å². The van der Waals surface area contributed by atoms with Crippen molar-refractivity contribution < 1.29 is 14.3 Å². The van der Waals surface area contributed by atoms with E-state index in [-0.39, 0.29) is 11.8 Å². The zero-order valence-electron chi connectivity index (χ0n) is 18.0. The van der Waals surface area contributed by atoms with Gasteiger partial charge in [0, 0.05) is 43.0 Å². The van der Waals surface area contributed by atoms with E-state index >= 15 is 0 Å². The van der Waals surface area contributed by atoms with Crippen LogP contribution in [0.15, 0.2) is 42.5 Å². The van der Waals surface area contributed by atoms with E-state index in [2.05, 4.69) is 20.2 Å². The summed E-state index contributed by atoms with van der Waals surface area (Å²) < 4.78 is 5.40. The van der Waals surface area contributed by atoms with Crippen LogP contribution in [0.1, 0.15) is 35.4 Å². The maximum absolute atomic E-state index is 12.7. The number of piperidine rings is 1. The maximum Gasteiger partial charge on any atom is 0.255 e. The largest absolute Gasteiger partial charge is 0.379 e. The molecular formula is C24H27N5O3. The Morgan fingerprint density at radius 3 is 2.66 bits per heavy atom. The van der Waals surface area contributed by atoms with Crippen molar-refractivity contribution in [1.29, 1.82) is 0 Å². The molecule has 0 spiro atoms. The van der Waals surface area contributed by atoms with Crippen LogP contribution >= 0.6 is 0 Å². The third kappa shape index (κ3) is 4.51. The topological polar surface area (TPSA) is 90.6 Å². The van der Waals surface area contributed by atoms with Crippen molar-refractivity contribution in [2.45, 2.75) is 25.8 Å². The van der Waals surface area contributed by atoms with Gasteiger partial charge in [0.1, 0.15) is 5.82 Å². The smallest absolute Gasteiger partial charge is 0.255 e. The number of anilines is 2. The van der Waals surface area contributed by atoms with Crippen molar-refractivity contribution in [3.63, 3.8) is 0 Å². The average molecular weight is 434 g/mol. The van der Waals surface area contributed by atoms with Crippen LogP contribution < -0.4 is 10.2 Å². The van der Waals surface area contributed by atoms with Gasteiger partial charge >= 0.3 is 0 Å². The first-order chi connectivity index (χ1) is 15.7. The van der Waals surface area contributed by atoms with Crippen LogP contribution in [0.3, 0.4) is 0 Å². The number of ether oxygens (including phenoxy) is 1. The number of rotatable bonds is 5. The molecule has 0 bridgehead atoms. The Balaban J connectivity index is 1.25. The lowest BCUT2D eigenvalue weighted by Gasteiger charge is -2.26. The standard InChI is InChI=1S/C24H27N5O3/c30-23-3-1-2-10-29(23)19-7-4-17(5-8-19)24(31)25-18-6-9-20-21(15-18)27-22(26-20)16-28-11-13-32-14-12-28/h4-9,15H,1-3,10-14,16H2,(H,25,31)(H,26,27). The molecule has 0 saturated carbocycles. The summed E-state index contributed by atoms with van der Waals surface area (Å²) in [6.07, 6.45) is 2.55. The highest BCUT2D eigenvalue weighted by molar-refractivity contribution is 6.05. The molecule has 1 aromatic heterocycles. The molecule has 3 heterocycles. The van der Waals surface area contributed by atoms with Gasteiger partial charge in [0.2, 0.25) is 5.91 Å². The number of hydrogen-bond donors (Lipinski definition) is 2. The van der Waals surface area contributed by atoms with E-state index in [1.165, 1.54) is 0 Å². The first kappa shape index (κ1) is 20.7. The first-order valence-corrected chi connectivity index (χ1v) is 11.2.